The predicted octanol–water partition coefficient (Wildman–Crippen LogP) is 1.68. The number of ether oxygens (including phenoxy) is 1. The van der Waals surface area contributed by atoms with E-state index in [4.69, 9.17) is 4.74 Å². The van der Waals surface area contributed by atoms with Gasteiger partial charge in [0.05, 0.1) is 5.69 Å². The molecule has 2 atom stereocenters. The molecule has 1 aromatic rings. The maximum Gasteiger partial charge on any atom is 0.233 e. The van der Waals surface area contributed by atoms with E-state index in [0.717, 1.165) is 12.2 Å². The minimum absolute atomic E-state index is 0.337. The Morgan fingerprint density at radius 1 is 1.41 bits per heavy atom. The van der Waals surface area contributed by atoms with E-state index in [9.17, 15) is 4.39 Å². The molecule has 4 nitrogen and oxygen atoms in total. The summed E-state index contributed by atoms with van der Waals surface area (Å²) in [6.45, 7) is 5.23. The summed E-state index contributed by atoms with van der Waals surface area (Å²) in [6.07, 6.45) is -0.722. The van der Waals surface area contributed by atoms with E-state index in [1.807, 2.05) is 6.07 Å². The number of nitrogens with one attached hydrogen (secondary N) is 1. The second-order valence-electron chi connectivity index (χ2n) is 4.62. The summed E-state index contributed by atoms with van der Waals surface area (Å²) in [4.78, 5) is 0. The Bertz CT molecular complexity index is 355. The maximum absolute atomic E-state index is 13.5. The molecule has 2 heterocycles. The monoisotopic (exact) mass is 239 g/mol. The molecule has 0 radical (unpaired) electrons. The molecule has 1 aliphatic heterocycles. The van der Waals surface area contributed by atoms with Crippen molar-refractivity contribution < 1.29 is 9.13 Å². The maximum atomic E-state index is 13.5. The number of aromatic nitrogens is 2. The molecule has 1 fully saturated rings. The minimum Gasteiger partial charge on any atom is -0.470 e. The first-order valence-electron chi connectivity index (χ1n) is 6.02. The molecule has 1 aromatic heterocycles. The van der Waals surface area contributed by atoms with Gasteiger partial charge in [-0.2, -0.15) is 5.10 Å². The van der Waals surface area contributed by atoms with Crippen LogP contribution < -0.4 is 10.1 Å². The van der Waals surface area contributed by atoms with Crippen molar-refractivity contribution >= 4 is 0 Å². The first kappa shape index (κ1) is 12.2. The third-order valence-corrected chi connectivity index (χ3v) is 2.87. The molecule has 0 aromatic carbocycles. The van der Waals surface area contributed by atoms with Gasteiger partial charge in [-0.1, -0.05) is 13.8 Å². The lowest BCUT2D eigenvalue weighted by atomic mass is 10.1. The number of halogens is 1. The molecule has 0 unspecified atom stereocenters. The van der Waals surface area contributed by atoms with Gasteiger partial charge in [0.2, 0.25) is 5.88 Å². The van der Waals surface area contributed by atoms with Crippen LogP contribution in [0.4, 0.5) is 4.39 Å². The zero-order valence-corrected chi connectivity index (χ0v) is 10.2. The Morgan fingerprint density at radius 3 is 2.82 bits per heavy atom. The smallest absolute Gasteiger partial charge is 0.233 e. The molecule has 0 spiro atoms. The van der Waals surface area contributed by atoms with Gasteiger partial charge in [-0.15, -0.1) is 5.10 Å². The topological polar surface area (TPSA) is 47.0 Å². The summed E-state index contributed by atoms with van der Waals surface area (Å²) in [7, 11) is 0. The van der Waals surface area contributed by atoms with E-state index >= 15 is 0 Å². The summed E-state index contributed by atoms with van der Waals surface area (Å²) in [6, 6.07) is 3.64. The van der Waals surface area contributed by atoms with Gasteiger partial charge >= 0.3 is 0 Å². The number of nitrogens with zero attached hydrogens (tertiary/aromatic N) is 2. The zero-order chi connectivity index (χ0) is 12.3. The molecule has 1 N–H and O–H groups in total. The number of piperidine rings is 1. The first-order chi connectivity index (χ1) is 8.16. The minimum atomic E-state index is -0.977. The van der Waals surface area contributed by atoms with E-state index in [0.29, 0.717) is 24.8 Å². The van der Waals surface area contributed by atoms with Crippen molar-refractivity contribution in [1.29, 1.82) is 0 Å². The SMILES string of the molecule is CC(C)c1ccc(O[C@H]2CCNC[C@@H]2F)nn1. The Balaban J connectivity index is 1.98. The van der Waals surface area contributed by atoms with Gasteiger partial charge in [0.15, 0.2) is 0 Å². The van der Waals surface area contributed by atoms with Crippen LogP contribution in [0.1, 0.15) is 31.9 Å². The Kier molecular flexibility index (Phi) is 3.89. The quantitative estimate of drug-likeness (QED) is 0.871. The van der Waals surface area contributed by atoms with E-state index in [-0.39, 0.29) is 0 Å². The van der Waals surface area contributed by atoms with Crippen LogP contribution in [-0.4, -0.2) is 35.6 Å². The van der Waals surface area contributed by atoms with Gasteiger partial charge in [-0.25, -0.2) is 4.39 Å². The van der Waals surface area contributed by atoms with Crippen LogP contribution in [0.2, 0.25) is 0 Å². The third kappa shape index (κ3) is 3.12. The van der Waals surface area contributed by atoms with E-state index < -0.39 is 12.3 Å². The van der Waals surface area contributed by atoms with Crippen molar-refractivity contribution in [2.24, 2.45) is 0 Å². The van der Waals surface area contributed by atoms with E-state index in [1.54, 1.807) is 6.07 Å². The number of hydrogen-bond donors (Lipinski definition) is 1. The van der Waals surface area contributed by atoms with Gasteiger partial charge in [0.1, 0.15) is 12.3 Å². The molecule has 0 bridgehead atoms. The first-order valence-corrected chi connectivity index (χ1v) is 6.02. The number of hydrogen-bond acceptors (Lipinski definition) is 4. The van der Waals surface area contributed by atoms with Crippen LogP contribution >= 0.6 is 0 Å². The van der Waals surface area contributed by atoms with Gasteiger partial charge in [0.25, 0.3) is 0 Å². The normalized spacial score (nSPS) is 24.9. The zero-order valence-electron chi connectivity index (χ0n) is 10.2. The fraction of sp³-hybridized carbons (Fsp3) is 0.667. The Labute approximate surface area is 101 Å². The largest absolute Gasteiger partial charge is 0.470 e. The van der Waals surface area contributed by atoms with Gasteiger partial charge in [0, 0.05) is 12.6 Å². The third-order valence-electron chi connectivity index (χ3n) is 2.87. The number of rotatable bonds is 3. The summed E-state index contributed by atoms with van der Waals surface area (Å²) in [5.74, 6) is 0.744. The molecular weight excluding hydrogens is 221 g/mol. The highest BCUT2D eigenvalue weighted by Gasteiger charge is 2.26. The molecule has 17 heavy (non-hydrogen) atoms. The van der Waals surface area contributed by atoms with Crippen LogP contribution in [0.15, 0.2) is 12.1 Å². The van der Waals surface area contributed by atoms with Crippen molar-refractivity contribution in [2.45, 2.75) is 38.5 Å². The fourth-order valence-corrected chi connectivity index (χ4v) is 1.79. The highest BCUT2D eigenvalue weighted by atomic mass is 19.1. The summed E-state index contributed by atoms with van der Waals surface area (Å²) in [5.41, 5.74) is 0.916. The van der Waals surface area contributed by atoms with E-state index in [2.05, 4.69) is 29.4 Å². The van der Waals surface area contributed by atoms with Gasteiger partial charge in [-0.3, -0.25) is 0 Å². The van der Waals surface area contributed by atoms with Crippen LogP contribution in [-0.2, 0) is 0 Å². The van der Waals surface area contributed by atoms with Gasteiger partial charge in [-0.05, 0) is 24.9 Å². The molecule has 2 rings (SSSR count). The van der Waals surface area contributed by atoms with Crippen molar-refractivity contribution in [3.63, 3.8) is 0 Å². The van der Waals surface area contributed by atoms with Crippen molar-refractivity contribution in [3.8, 4) is 5.88 Å². The van der Waals surface area contributed by atoms with Gasteiger partial charge < -0.3 is 10.1 Å². The fourth-order valence-electron chi connectivity index (χ4n) is 1.79. The summed E-state index contributed by atoms with van der Waals surface area (Å²) in [5, 5.41) is 11.0. The average molecular weight is 239 g/mol. The standard InChI is InChI=1S/C12H18FN3O/c1-8(2)10-3-4-12(16-15-10)17-11-5-6-14-7-9(11)13/h3-4,8-9,11,14H,5-7H2,1-2H3/t9-,11-/m0/s1. The number of alkyl halides is 1. The highest BCUT2D eigenvalue weighted by Crippen LogP contribution is 2.17. The van der Waals surface area contributed by atoms with Crippen molar-refractivity contribution in [2.75, 3.05) is 13.1 Å². The Morgan fingerprint density at radius 2 is 2.24 bits per heavy atom. The molecule has 94 valence electrons. The van der Waals surface area contributed by atoms with Crippen LogP contribution in [0.25, 0.3) is 0 Å². The Hall–Kier alpha value is -1.23. The van der Waals surface area contributed by atoms with Crippen molar-refractivity contribution in [1.82, 2.24) is 15.5 Å². The molecule has 0 amide bonds. The molecule has 5 heteroatoms. The summed E-state index contributed by atoms with van der Waals surface area (Å²) < 4.78 is 19.0. The highest BCUT2D eigenvalue weighted by molar-refractivity contribution is 5.14. The molecule has 0 aliphatic carbocycles. The predicted molar refractivity (Wildman–Crippen MR) is 62.9 cm³/mol. The summed E-state index contributed by atoms with van der Waals surface area (Å²) >= 11 is 0. The van der Waals surface area contributed by atoms with Crippen molar-refractivity contribution in [3.05, 3.63) is 17.8 Å². The van der Waals surface area contributed by atoms with Crippen LogP contribution in [0.3, 0.4) is 0 Å². The second kappa shape index (κ2) is 5.40. The molecule has 1 saturated heterocycles. The second-order valence-corrected chi connectivity index (χ2v) is 4.62. The van der Waals surface area contributed by atoms with Crippen LogP contribution in [0.5, 0.6) is 5.88 Å². The molecular formula is C12H18FN3O. The lowest BCUT2D eigenvalue weighted by Crippen LogP contribution is -2.44. The van der Waals surface area contributed by atoms with Crippen LogP contribution in [0, 0.1) is 0 Å². The average Bonchev–Trinajstić information content (AvgIpc) is 2.33. The molecule has 0 saturated carbocycles. The van der Waals surface area contributed by atoms with E-state index in [1.165, 1.54) is 0 Å². The lowest BCUT2D eigenvalue weighted by Gasteiger charge is -2.26. The molecule has 1 aliphatic rings. The lowest BCUT2D eigenvalue weighted by molar-refractivity contribution is 0.0684.